The van der Waals surface area contributed by atoms with E-state index < -0.39 is 5.60 Å². The summed E-state index contributed by atoms with van der Waals surface area (Å²) in [4.78, 5) is 2.57. The van der Waals surface area contributed by atoms with Gasteiger partial charge in [-0.05, 0) is 53.4 Å². The molecule has 2 aromatic rings. The fourth-order valence-electron chi connectivity index (χ4n) is 5.92. The second-order valence-corrected chi connectivity index (χ2v) is 11.3. The topological polar surface area (TPSA) is 23.5 Å². The Kier molecular flexibility index (Phi) is 5.88. The molecular formula is C27H32BrNO. The van der Waals surface area contributed by atoms with Crippen molar-refractivity contribution in [1.82, 2.24) is 4.90 Å². The molecule has 0 amide bonds. The minimum atomic E-state index is -1.11. The molecular weight excluding hydrogens is 434 g/mol. The number of fused-ring (bicyclic) bond motifs is 2. The van der Waals surface area contributed by atoms with Gasteiger partial charge in [0.1, 0.15) is 5.60 Å². The average Bonchev–Trinajstić information content (AvgIpc) is 2.94. The van der Waals surface area contributed by atoms with E-state index in [-0.39, 0.29) is 0 Å². The van der Waals surface area contributed by atoms with Crippen LogP contribution in [0.3, 0.4) is 0 Å². The van der Waals surface area contributed by atoms with Gasteiger partial charge >= 0.3 is 0 Å². The first-order chi connectivity index (χ1) is 14.2. The van der Waals surface area contributed by atoms with Crippen LogP contribution in [0.25, 0.3) is 0 Å². The molecule has 30 heavy (non-hydrogen) atoms. The first-order valence-electron chi connectivity index (χ1n) is 10.9. The van der Waals surface area contributed by atoms with E-state index in [2.05, 4.69) is 53.4 Å². The van der Waals surface area contributed by atoms with Gasteiger partial charge in [0.2, 0.25) is 0 Å². The quantitative estimate of drug-likeness (QED) is 0.561. The summed E-state index contributed by atoms with van der Waals surface area (Å²) in [5.74, 6) is 6.72. The Bertz CT molecular complexity index is 942. The molecule has 1 aliphatic carbocycles. The highest BCUT2D eigenvalue weighted by atomic mass is 79.9. The third-order valence-corrected chi connectivity index (χ3v) is 7.38. The molecule has 158 valence electrons. The maximum atomic E-state index is 11.7. The van der Waals surface area contributed by atoms with Crippen molar-refractivity contribution in [3.05, 3.63) is 70.2 Å². The molecule has 3 heteroatoms. The van der Waals surface area contributed by atoms with Crippen molar-refractivity contribution in [3.8, 4) is 11.8 Å². The fourth-order valence-corrected chi connectivity index (χ4v) is 6.18. The van der Waals surface area contributed by atoms with E-state index in [4.69, 9.17) is 0 Å². The van der Waals surface area contributed by atoms with Gasteiger partial charge in [-0.25, -0.2) is 0 Å². The molecule has 1 heterocycles. The van der Waals surface area contributed by atoms with E-state index in [0.717, 1.165) is 28.7 Å². The standard InChI is InChI=1S/C27H32BrNO/c1-25(2)17-24-18-26(3,19-25)20-29(24)16-8-7-15-27(30,21-9-5-4-6-10-21)22-11-13-23(28)14-12-22/h4-6,9-14,24,30H,15-20H2,1-3H3. The van der Waals surface area contributed by atoms with Gasteiger partial charge in [0, 0.05) is 23.5 Å². The summed E-state index contributed by atoms with van der Waals surface area (Å²) in [5.41, 5.74) is 1.50. The van der Waals surface area contributed by atoms with Gasteiger partial charge in [0.05, 0.1) is 6.54 Å². The van der Waals surface area contributed by atoms with Crippen molar-refractivity contribution in [2.75, 3.05) is 13.1 Å². The van der Waals surface area contributed by atoms with E-state index in [0.29, 0.717) is 23.3 Å². The van der Waals surface area contributed by atoms with Crippen LogP contribution in [0.4, 0.5) is 0 Å². The van der Waals surface area contributed by atoms with E-state index >= 15 is 0 Å². The number of likely N-dealkylation sites (tertiary alicyclic amines) is 1. The minimum Gasteiger partial charge on any atom is -0.379 e. The zero-order chi connectivity index (χ0) is 21.4. The summed E-state index contributed by atoms with van der Waals surface area (Å²) < 4.78 is 1.00. The van der Waals surface area contributed by atoms with Crippen LogP contribution >= 0.6 is 15.9 Å². The number of nitrogens with zero attached hydrogens (tertiary/aromatic N) is 1. The molecule has 2 aromatic carbocycles. The zero-order valence-electron chi connectivity index (χ0n) is 18.3. The lowest BCUT2D eigenvalue weighted by atomic mass is 9.65. The van der Waals surface area contributed by atoms with Crippen molar-refractivity contribution in [2.24, 2.45) is 10.8 Å². The maximum Gasteiger partial charge on any atom is 0.125 e. The Morgan fingerprint density at radius 2 is 1.67 bits per heavy atom. The summed E-state index contributed by atoms with van der Waals surface area (Å²) in [5, 5.41) is 11.7. The van der Waals surface area contributed by atoms with Gasteiger partial charge in [-0.15, -0.1) is 0 Å². The summed E-state index contributed by atoms with van der Waals surface area (Å²) in [6.45, 7) is 9.19. The number of benzene rings is 2. The molecule has 1 saturated carbocycles. The highest BCUT2D eigenvalue weighted by Gasteiger charge is 2.49. The van der Waals surface area contributed by atoms with Crippen molar-refractivity contribution in [3.63, 3.8) is 0 Å². The smallest absolute Gasteiger partial charge is 0.125 e. The zero-order valence-corrected chi connectivity index (χ0v) is 19.9. The van der Waals surface area contributed by atoms with Crippen molar-refractivity contribution in [2.45, 2.75) is 58.1 Å². The van der Waals surface area contributed by atoms with Gasteiger partial charge in [0.15, 0.2) is 0 Å². The van der Waals surface area contributed by atoms with Crippen LogP contribution < -0.4 is 0 Å². The number of rotatable bonds is 4. The summed E-state index contributed by atoms with van der Waals surface area (Å²) in [6.07, 6.45) is 4.25. The molecule has 3 atom stereocenters. The van der Waals surface area contributed by atoms with E-state index in [1.54, 1.807) is 0 Å². The molecule has 2 nitrogen and oxygen atoms in total. The van der Waals surface area contributed by atoms with Gasteiger partial charge in [-0.1, -0.05) is 91.0 Å². The van der Waals surface area contributed by atoms with Crippen LogP contribution in [-0.4, -0.2) is 29.1 Å². The SMILES string of the molecule is CC1(C)CC2CC(C)(CN2CC#CCC(O)(c2ccccc2)c2ccc(Br)cc2)C1. The molecule has 1 N–H and O–H groups in total. The second-order valence-electron chi connectivity index (χ2n) is 10.4. The number of hydrogen-bond donors (Lipinski definition) is 1. The highest BCUT2D eigenvalue weighted by molar-refractivity contribution is 9.10. The molecule has 4 rings (SSSR count). The Balaban J connectivity index is 1.51. The third kappa shape index (κ3) is 4.52. The lowest BCUT2D eigenvalue weighted by Gasteiger charge is -2.39. The van der Waals surface area contributed by atoms with E-state index in [1.165, 1.54) is 19.3 Å². The highest BCUT2D eigenvalue weighted by Crippen LogP contribution is 2.52. The molecule has 1 aliphatic heterocycles. The summed E-state index contributed by atoms with van der Waals surface area (Å²) >= 11 is 3.49. The van der Waals surface area contributed by atoms with E-state index in [1.807, 2.05) is 54.6 Å². The average molecular weight is 466 g/mol. The predicted octanol–water partition coefficient (Wildman–Crippen LogP) is 5.98. The molecule has 0 aromatic heterocycles. The molecule has 0 spiro atoms. The predicted molar refractivity (Wildman–Crippen MR) is 127 cm³/mol. The number of halogens is 1. The van der Waals surface area contributed by atoms with E-state index in [9.17, 15) is 5.11 Å². The molecule has 3 unspecified atom stereocenters. The monoisotopic (exact) mass is 465 g/mol. The number of aliphatic hydroxyl groups is 1. The number of hydrogen-bond acceptors (Lipinski definition) is 2. The third-order valence-electron chi connectivity index (χ3n) is 6.85. The van der Waals surface area contributed by atoms with Gasteiger partial charge in [-0.2, -0.15) is 0 Å². The minimum absolute atomic E-state index is 0.389. The second kappa shape index (κ2) is 8.15. The first-order valence-corrected chi connectivity index (χ1v) is 11.7. The van der Waals surface area contributed by atoms with Crippen molar-refractivity contribution >= 4 is 15.9 Å². The maximum absolute atomic E-state index is 11.7. The Morgan fingerprint density at radius 1 is 1.00 bits per heavy atom. The normalized spacial score (nSPS) is 27.2. The van der Waals surface area contributed by atoms with Gasteiger partial charge in [-0.3, -0.25) is 4.90 Å². The molecule has 0 radical (unpaired) electrons. The largest absolute Gasteiger partial charge is 0.379 e. The molecule has 1 saturated heterocycles. The van der Waals surface area contributed by atoms with Crippen LogP contribution in [-0.2, 0) is 5.60 Å². The summed E-state index contributed by atoms with van der Waals surface area (Å²) in [6, 6.07) is 18.4. The van der Waals surface area contributed by atoms with Crippen LogP contribution in [0.5, 0.6) is 0 Å². The van der Waals surface area contributed by atoms with Crippen LogP contribution in [0.1, 0.15) is 57.6 Å². The lowest BCUT2D eigenvalue weighted by molar-refractivity contribution is 0.0864. The Hall–Kier alpha value is -1.60. The molecule has 2 bridgehead atoms. The Labute approximate surface area is 189 Å². The van der Waals surface area contributed by atoms with Crippen molar-refractivity contribution in [1.29, 1.82) is 0 Å². The van der Waals surface area contributed by atoms with Gasteiger partial charge in [0.25, 0.3) is 0 Å². The molecule has 2 fully saturated rings. The van der Waals surface area contributed by atoms with Crippen LogP contribution in [0.15, 0.2) is 59.1 Å². The fraction of sp³-hybridized carbons (Fsp3) is 0.481. The lowest BCUT2D eigenvalue weighted by Crippen LogP contribution is -2.34. The van der Waals surface area contributed by atoms with Crippen LogP contribution in [0.2, 0.25) is 0 Å². The van der Waals surface area contributed by atoms with Gasteiger partial charge < -0.3 is 5.11 Å². The van der Waals surface area contributed by atoms with Crippen molar-refractivity contribution < 1.29 is 5.11 Å². The molecule has 2 aliphatic rings. The van der Waals surface area contributed by atoms with Crippen LogP contribution in [0, 0.1) is 22.7 Å². The first kappa shape index (κ1) is 21.6. The Morgan fingerprint density at radius 3 is 2.37 bits per heavy atom. The summed E-state index contributed by atoms with van der Waals surface area (Å²) in [7, 11) is 0.